The molecular weight excluding hydrogens is 370 g/mol. The predicted octanol–water partition coefficient (Wildman–Crippen LogP) is 3.29. The van der Waals surface area contributed by atoms with Gasteiger partial charge in [0.25, 0.3) is 0 Å². The van der Waals surface area contributed by atoms with Crippen LogP contribution in [0, 0.1) is 0 Å². The van der Waals surface area contributed by atoms with E-state index in [-0.39, 0.29) is 22.6 Å². The molecule has 0 saturated carbocycles. The summed E-state index contributed by atoms with van der Waals surface area (Å²) in [6.07, 6.45) is 5.82. The van der Waals surface area contributed by atoms with Crippen LogP contribution >= 0.6 is 11.8 Å². The Bertz CT molecular complexity index is 644. The van der Waals surface area contributed by atoms with Crippen molar-refractivity contribution in [3.8, 4) is 0 Å². The summed E-state index contributed by atoms with van der Waals surface area (Å²) in [4.78, 5) is 16.4. The molecule has 0 bridgehead atoms. The fraction of sp³-hybridized carbons (Fsp3) is 0.667. The van der Waals surface area contributed by atoms with Gasteiger partial charge >= 0.3 is 0 Å². The Morgan fingerprint density at radius 3 is 2.46 bits per heavy atom. The molecule has 0 aliphatic rings. The SMILES string of the molecule is CCCCCC(C)NC(=O)CSc1ccc(S(=O)(=O)N(CC)CC)cn1. The fourth-order valence-corrected chi connectivity index (χ4v) is 4.60. The molecule has 148 valence electrons. The van der Waals surface area contributed by atoms with Gasteiger partial charge in [0, 0.05) is 25.3 Å². The van der Waals surface area contributed by atoms with Gasteiger partial charge in [0.2, 0.25) is 15.9 Å². The molecule has 1 unspecified atom stereocenters. The first-order chi connectivity index (χ1) is 12.3. The quantitative estimate of drug-likeness (QED) is 0.429. The number of nitrogens with one attached hydrogen (secondary N) is 1. The Morgan fingerprint density at radius 2 is 1.92 bits per heavy atom. The number of sulfonamides is 1. The van der Waals surface area contributed by atoms with Gasteiger partial charge in [-0.25, -0.2) is 13.4 Å². The lowest BCUT2D eigenvalue weighted by Gasteiger charge is -2.18. The molecule has 1 heterocycles. The molecule has 1 N–H and O–H groups in total. The lowest BCUT2D eigenvalue weighted by atomic mass is 10.1. The van der Waals surface area contributed by atoms with Crippen LogP contribution in [-0.2, 0) is 14.8 Å². The number of hydrogen-bond donors (Lipinski definition) is 1. The Balaban J connectivity index is 2.53. The van der Waals surface area contributed by atoms with Crippen LogP contribution in [0.4, 0.5) is 0 Å². The van der Waals surface area contributed by atoms with Crippen molar-refractivity contribution in [1.82, 2.24) is 14.6 Å². The zero-order valence-corrected chi connectivity index (χ0v) is 17.8. The van der Waals surface area contributed by atoms with E-state index in [1.807, 2.05) is 6.92 Å². The number of carbonyl (C=O) groups excluding carboxylic acids is 1. The predicted molar refractivity (Wildman–Crippen MR) is 107 cm³/mol. The maximum atomic E-state index is 12.4. The van der Waals surface area contributed by atoms with Crippen LogP contribution in [0.5, 0.6) is 0 Å². The molecule has 0 spiro atoms. The van der Waals surface area contributed by atoms with Crippen molar-refractivity contribution in [2.24, 2.45) is 0 Å². The lowest BCUT2D eigenvalue weighted by Crippen LogP contribution is -2.33. The Hall–Kier alpha value is -1.12. The molecule has 8 heteroatoms. The first-order valence-corrected chi connectivity index (χ1v) is 11.7. The van der Waals surface area contributed by atoms with Crippen molar-refractivity contribution in [2.75, 3.05) is 18.8 Å². The van der Waals surface area contributed by atoms with Gasteiger partial charge in [0.05, 0.1) is 10.8 Å². The average molecular weight is 402 g/mol. The third-order valence-electron chi connectivity index (χ3n) is 4.05. The van der Waals surface area contributed by atoms with Gasteiger partial charge in [-0.1, -0.05) is 51.8 Å². The van der Waals surface area contributed by atoms with Gasteiger partial charge in [-0.15, -0.1) is 0 Å². The summed E-state index contributed by atoms with van der Waals surface area (Å²) in [5.74, 6) is 0.244. The van der Waals surface area contributed by atoms with Crippen molar-refractivity contribution in [3.63, 3.8) is 0 Å². The Kier molecular flexibility index (Phi) is 10.2. The van der Waals surface area contributed by atoms with Crippen LogP contribution in [0.1, 0.15) is 53.4 Å². The van der Waals surface area contributed by atoms with Crippen molar-refractivity contribution >= 4 is 27.7 Å². The summed E-state index contributed by atoms with van der Waals surface area (Å²) < 4.78 is 26.2. The monoisotopic (exact) mass is 401 g/mol. The van der Waals surface area contributed by atoms with Gasteiger partial charge in [-0.05, 0) is 25.5 Å². The summed E-state index contributed by atoms with van der Waals surface area (Å²) >= 11 is 1.31. The number of amides is 1. The van der Waals surface area contributed by atoms with Crippen LogP contribution in [0.3, 0.4) is 0 Å². The standard InChI is InChI=1S/C18H31N3O3S2/c1-5-8-9-10-15(4)20-17(22)14-25-18-12-11-16(13-19-18)26(23,24)21(6-2)7-3/h11-13,15H,5-10,14H2,1-4H3,(H,20,22). The number of aromatic nitrogens is 1. The van der Waals surface area contributed by atoms with E-state index in [9.17, 15) is 13.2 Å². The van der Waals surface area contributed by atoms with Crippen molar-refractivity contribution in [1.29, 1.82) is 0 Å². The number of thioether (sulfide) groups is 1. The second kappa shape index (κ2) is 11.6. The Morgan fingerprint density at radius 1 is 1.23 bits per heavy atom. The molecule has 0 fully saturated rings. The minimum atomic E-state index is -3.49. The zero-order valence-electron chi connectivity index (χ0n) is 16.2. The van der Waals surface area contributed by atoms with E-state index < -0.39 is 10.0 Å². The van der Waals surface area contributed by atoms with Gasteiger partial charge in [0.15, 0.2) is 0 Å². The largest absolute Gasteiger partial charge is 0.353 e. The van der Waals surface area contributed by atoms with Crippen molar-refractivity contribution in [2.45, 2.75) is 69.3 Å². The highest BCUT2D eigenvalue weighted by atomic mass is 32.2. The van der Waals surface area contributed by atoms with E-state index in [2.05, 4.69) is 17.2 Å². The second-order valence-corrected chi connectivity index (χ2v) is 9.11. The van der Waals surface area contributed by atoms with Crippen LogP contribution < -0.4 is 5.32 Å². The maximum absolute atomic E-state index is 12.4. The smallest absolute Gasteiger partial charge is 0.244 e. The lowest BCUT2D eigenvalue weighted by molar-refractivity contribution is -0.119. The molecule has 0 saturated heterocycles. The van der Waals surface area contributed by atoms with Gasteiger partial charge < -0.3 is 5.32 Å². The van der Waals surface area contributed by atoms with E-state index in [1.54, 1.807) is 26.0 Å². The first-order valence-electron chi connectivity index (χ1n) is 9.23. The third-order valence-corrected chi connectivity index (χ3v) is 7.03. The normalized spacial score (nSPS) is 13.0. The van der Waals surface area contributed by atoms with E-state index in [0.717, 1.165) is 12.8 Å². The molecule has 26 heavy (non-hydrogen) atoms. The first kappa shape index (κ1) is 22.9. The molecule has 0 aliphatic carbocycles. The van der Waals surface area contributed by atoms with E-state index >= 15 is 0 Å². The van der Waals surface area contributed by atoms with Crippen LogP contribution in [0.25, 0.3) is 0 Å². The summed E-state index contributed by atoms with van der Waals surface area (Å²) in [6, 6.07) is 3.37. The van der Waals surface area contributed by atoms with E-state index in [4.69, 9.17) is 0 Å². The van der Waals surface area contributed by atoms with E-state index in [0.29, 0.717) is 18.1 Å². The Labute approximate surface area is 162 Å². The summed E-state index contributed by atoms with van der Waals surface area (Å²) in [5, 5.41) is 3.62. The molecule has 1 aromatic heterocycles. The average Bonchev–Trinajstić information content (AvgIpc) is 2.61. The summed E-state index contributed by atoms with van der Waals surface area (Å²) in [7, 11) is -3.49. The minimum Gasteiger partial charge on any atom is -0.353 e. The molecule has 0 radical (unpaired) electrons. The number of carbonyl (C=O) groups is 1. The molecule has 1 rings (SSSR count). The summed E-state index contributed by atoms with van der Waals surface area (Å²) in [6.45, 7) is 8.63. The van der Waals surface area contributed by atoms with E-state index in [1.165, 1.54) is 35.1 Å². The van der Waals surface area contributed by atoms with Gasteiger partial charge in [-0.3, -0.25) is 4.79 Å². The zero-order chi connectivity index (χ0) is 19.6. The maximum Gasteiger partial charge on any atom is 0.244 e. The molecular formula is C18H31N3O3S2. The highest BCUT2D eigenvalue weighted by molar-refractivity contribution is 7.99. The van der Waals surface area contributed by atoms with Crippen LogP contribution in [0.15, 0.2) is 28.3 Å². The minimum absolute atomic E-state index is 0.0272. The molecule has 0 aromatic carbocycles. The number of rotatable bonds is 12. The van der Waals surface area contributed by atoms with Crippen LogP contribution in [-0.4, -0.2) is 48.5 Å². The van der Waals surface area contributed by atoms with Crippen molar-refractivity contribution in [3.05, 3.63) is 18.3 Å². The number of pyridine rings is 1. The van der Waals surface area contributed by atoms with Gasteiger partial charge in [-0.2, -0.15) is 4.31 Å². The molecule has 0 aliphatic heterocycles. The number of hydrogen-bond acceptors (Lipinski definition) is 5. The summed E-state index contributed by atoms with van der Waals surface area (Å²) in [5.41, 5.74) is 0. The fourth-order valence-electron chi connectivity index (χ4n) is 2.55. The highest BCUT2D eigenvalue weighted by Crippen LogP contribution is 2.19. The van der Waals surface area contributed by atoms with Crippen LogP contribution in [0.2, 0.25) is 0 Å². The van der Waals surface area contributed by atoms with Crippen molar-refractivity contribution < 1.29 is 13.2 Å². The second-order valence-electron chi connectivity index (χ2n) is 6.17. The number of nitrogens with zero attached hydrogens (tertiary/aromatic N) is 2. The highest BCUT2D eigenvalue weighted by Gasteiger charge is 2.21. The molecule has 6 nitrogen and oxygen atoms in total. The number of unbranched alkanes of at least 4 members (excludes halogenated alkanes) is 2. The molecule has 1 atom stereocenters. The molecule has 1 amide bonds. The third kappa shape index (κ3) is 7.25. The molecule has 1 aromatic rings. The van der Waals surface area contributed by atoms with Gasteiger partial charge in [0.1, 0.15) is 4.90 Å². The topological polar surface area (TPSA) is 79.4 Å².